The van der Waals surface area contributed by atoms with Gasteiger partial charge in [0, 0.05) is 0 Å². The van der Waals surface area contributed by atoms with Gasteiger partial charge in [0.05, 0.1) is 0 Å². The molecule has 0 aliphatic heterocycles. The minimum atomic E-state index is 0.970. The molecule has 2 aromatic carbocycles. The second kappa shape index (κ2) is 4.74. The lowest BCUT2D eigenvalue weighted by molar-refractivity contribution is 1.46. The summed E-state index contributed by atoms with van der Waals surface area (Å²) in [5.41, 5.74) is 2.34. The van der Waals surface area contributed by atoms with Crippen molar-refractivity contribution in [2.45, 2.75) is 6.42 Å². The molecule has 0 N–H and O–H groups in total. The van der Waals surface area contributed by atoms with E-state index in [0.717, 1.165) is 6.42 Å². The second-order valence-corrected chi connectivity index (χ2v) is 4.64. The van der Waals surface area contributed by atoms with E-state index in [-0.39, 0.29) is 0 Å². The number of hydrogen-bond acceptors (Lipinski definition) is 0. The lowest BCUT2D eigenvalue weighted by Gasteiger charge is -2.09. The quantitative estimate of drug-likeness (QED) is 0.756. The van der Waals surface area contributed by atoms with Gasteiger partial charge in [0.25, 0.3) is 0 Å². The van der Waals surface area contributed by atoms with Crippen molar-refractivity contribution < 1.29 is 0 Å². The van der Waals surface area contributed by atoms with Crippen molar-refractivity contribution in [3.63, 3.8) is 0 Å². The maximum absolute atomic E-state index is 3.98. The van der Waals surface area contributed by atoms with Crippen molar-refractivity contribution >= 4 is 35.1 Å². The molecular weight excluding hydrogens is 228 g/mol. The van der Waals surface area contributed by atoms with Gasteiger partial charge in [0.1, 0.15) is 0 Å². The van der Waals surface area contributed by atoms with Crippen molar-refractivity contribution in [3.05, 3.63) is 71.1 Å². The second-order valence-electron chi connectivity index (χ2n) is 4.64. The largest absolute Gasteiger partial charge is 0.0984 e. The zero-order chi connectivity index (χ0) is 13.2. The van der Waals surface area contributed by atoms with Crippen LogP contribution in [0.2, 0.25) is 0 Å². The van der Waals surface area contributed by atoms with E-state index >= 15 is 0 Å². The van der Waals surface area contributed by atoms with Gasteiger partial charge >= 0.3 is 0 Å². The third-order valence-corrected chi connectivity index (χ3v) is 3.64. The maximum Gasteiger partial charge on any atom is -0.00993 e. The highest BCUT2D eigenvalue weighted by Crippen LogP contribution is 2.19. The van der Waals surface area contributed by atoms with Crippen LogP contribution in [0.3, 0.4) is 0 Å². The summed E-state index contributed by atoms with van der Waals surface area (Å²) in [6.07, 6.45) is 13.6. The van der Waals surface area contributed by atoms with Crippen LogP contribution < -0.4 is 10.4 Å². The fraction of sp³-hybridized carbons (Fsp3) is 0.0526. The molecule has 0 aromatic heterocycles. The van der Waals surface area contributed by atoms with E-state index in [1.807, 2.05) is 12.2 Å². The topological polar surface area (TPSA) is 0 Å². The van der Waals surface area contributed by atoms with Gasteiger partial charge in [-0.05, 0) is 38.8 Å². The van der Waals surface area contributed by atoms with E-state index in [1.54, 1.807) is 0 Å². The zero-order valence-electron chi connectivity index (χ0n) is 10.9. The Kier molecular flexibility index (Phi) is 2.92. The number of hydrogen-bond donors (Lipinski definition) is 0. The summed E-state index contributed by atoms with van der Waals surface area (Å²) in [6.45, 7) is 7.95. The molecule has 0 bridgehead atoms. The average Bonchev–Trinajstić information content (AvgIpc) is 2.71. The van der Waals surface area contributed by atoms with Crippen LogP contribution >= 0.6 is 0 Å². The molecule has 0 unspecified atom stereocenters. The standard InChI is InChI=1S/C19H16/c1-3-14-15(4-2)17-12-8-9-13-19(17)18-11-7-5-6-10-16(14)18/h3-6,8-13H,1-2,7H2. The van der Waals surface area contributed by atoms with Crippen LogP contribution in [0.25, 0.3) is 35.1 Å². The lowest BCUT2D eigenvalue weighted by atomic mass is 9.94. The predicted molar refractivity (Wildman–Crippen MR) is 86.1 cm³/mol. The zero-order valence-corrected chi connectivity index (χ0v) is 10.9. The minimum Gasteiger partial charge on any atom is -0.0984 e. The molecule has 3 rings (SSSR count). The molecule has 1 aliphatic carbocycles. The molecule has 0 heteroatoms. The summed E-state index contributed by atoms with van der Waals surface area (Å²) in [7, 11) is 0. The van der Waals surface area contributed by atoms with Gasteiger partial charge < -0.3 is 0 Å². The molecule has 0 nitrogen and oxygen atoms in total. The van der Waals surface area contributed by atoms with Gasteiger partial charge in [0.2, 0.25) is 0 Å². The van der Waals surface area contributed by atoms with Gasteiger partial charge in [-0.3, -0.25) is 0 Å². The first kappa shape index (κ1) is 11.7. The fourth-order valence-electron chi connectivity index (χ4n) is 2.80. The summed E-state index contributed by atoms with van der Waals surface area (Å²) >= 11 is 0. The summed E-state index contributed by atoms with van der Waals surface area (Å²) < 4.78 is 0. The van der Waals surface area contributed by atoms with Gasteiger partial charge in [0.15, 0.2) is 0 Å². The lowest BCUT2D eigenvalue weighted by Crippen LogP contribution is -2.28. The van der Waals surface area contributed by atoms with E-state index in [2.05, 4.69) is 61.7 Å². The first-order valence-corrected chi connectivity index (χ1v) is 6.53. The van der Waals surface area contributed by atoms with E-state index in [9.17, 15) is 0 Å². The van der Waals surface area contributed by atoms with Crippen molar-refractivity contribution in [2.24, 2.45) is 0 Å². The minimum absolute atomic E-state index is 0.970. The first-order chi connectivity index (χ1) is 9.36. The highest BCUT2D eigenvalue weighted by atomic mass is 14.1. The molecule has 0 saturated carbocycles. The van der Waals surface area contributed by atoms with Crippen LogP contribution in [0.15, 0.2) is 49.6 Å². The molecule has 0 amide bonds. The summed E-state index contributed by atoms with van der Waals surface area (Å²) in [5.74, 6) is 0. The molecule has 0 spiro atoms. The Hall–Kier alpha value is -2.34. The smallest absolute Gasteiger partial charge is 0.00993 e. The van der Waals surface area contributed by atoms with E-state index in [0.29, 0.717) is 0 Å². The average molecular weight is 244 g/mol. The van der Waals surface area contributed by atoms with E-state index < -0.39 is 0 Å². The van der Waals surface area contributed by atoms with Crippen LogP contribution in [0, 0.1) is 0 Å². The third-order valence-electron chi connectivity index (χ3n) is 3.64. The van der Waals surface area contributed by atoms with Crippen molar-refractivity contribution in [1.82, 2.24) is 0 Å². The Balaban J connectivity index is 2.69. The molecule has 0 heterocycles. The van der Waals surface area contributed by atoms with Crippen LogP contribution in [0.4, 0.5) is 0 Å². The third kappa shape index (κ3) is 1.77. The summed E-state index contributed by atoms with van der Waals surface area (Å²) in [6, 6.07) is 8.51. The maximum atomic E-state index is 3.98. The highest BCUT2D eigenvalue weighted by molar-refractivity contribution is 5.95. The van der Waals surface area contributed by atoms with Gasteiger partial charge in [-0.1, -0.05) is 73.9 Å². The van der Waals surface area contributed by atoms with Gasteiger partial charge in [-0.25, -0.2) is 0 Å². The Labute approximate surface area is 113 Å². The van der Waals surface area contributed by atoms with Crippen LogP contribution in [0.1, 0.15) is 17.5 Å². The summed E-state index contributed by atoms with van der Waals surface area (Å²) in [4.78, 5) is 0. The molecular formula is C19H16. The molecule has 0 atom stereocenters. The monoisotopic (exact) mass is 244 g/mol. The SMILES string of the molecule is C=Cc1c(C=C)c2ccccc2c2c1=CC=CCC=2. The van der Waals surface area contributed by atoms with Crippen molar-refractivity contribution in [2.75, 3.05) is 0 Å². The van der Waals surface area contributed by atoms with Crippen LogP contribution in [0.5, 0.6) is 0 Å². The number of allylic oxidation sites excluding steroid dienone is 2. The molecule has 19 heavy (non-hydrogen) atoms. The molecule has 0 fully saturated rings. The van der Waals surface area contributed by atoms with E-state index in [1.165, 1.54) is 32.3 Å². The Morgan fingerprint density at radius 3 is 2.37 bits per heavy atom. The van der Waals surface area contributed by atoms with E-state index in [4.69, 9.17) is 0 Å². The number of benzene rings is 2. The Morgan fingerprint density at radius 1 is 0.895 bits per heavy atom. The molecule has 0 saturated heterocycles. The molecule has 2 aromatic rings. The predicted octanol–water partition coefficient (Wildman–Crippen LogP) is 3.65. The van der Waals surface area contributed by atoms with Crippen molar-refractivity contribution in [1.29, 1.82) is 0 Å². The Morgan fingerprint density at radius 2 is 1.63 bits per heavy atom. The first-order valence-electron chi connectivity index (χ1n) is 6.53. The summed E-state index contributed by atoms with van der Waals surface area (Å²) in [5, 5.41) is 5.09. The highest BCUT2D eigenvalue weighted by Gasteiger charge is 2.07. The van der Waals surface area contributed by atoms with Gasteiger partial charge in [-0.2, -0.15) is 0 Å². The normalized spacial score (nSPS) is 13.1. The van der Waals surface area contributed by atoms with Crippen LogP contribution in [-0.4, -0.2) is 0 Å². The Bertz CT molecular complexity index is 817. The fourth-order valence-corrected chi connectivity index (χ4v) is 2.80. The molecule has 92 valence electrons. The number of fused-ring (bicyclic) bond motifs is 3. The van der Waals surface area contributed by atoms with Crippen LogP contribution in [-0.2, 0) is 0 Å². The molecule has 1 aliphatic rings. The molecule has 0 radical (unpaired) electrons. The van der Waals surface area contributed by atoms with Crippen molar-refractivity contribution in [3.8, 4) is 0 Å². The van der Waals surface area contributed by atoms with Gasteiger partial charge in [-0.15, -0.1) is 0 Å². The number of rotatable bonds is 2.